The third-order valence-electron chi connectivity index (χ3n) is 2.86. The molecule has 1 rings (SSSR count). The van der Waals surface area contributed by atoms with E-state index in [4.69, 9.17) is 5.73 Å². The Bertz CT molecular complexity index is 637. The fourth-order valence-corrected chi connectivity index (χ4v) is 3.45. The van der Waals surface area contributed by atoms with Gasteiger partial charge in [0.1, 0.15) is 9.84 Å². The van der Waals surface area contributed by atoms with Crippen LogP contribution in [0.3, 0.4) is 0 Å². The van der Waals surface area contributed by atoms with E-state index in [9.17, 15) is 16.8 Å². The molecule has 0 aliphatic carbocycles. The first-order valence-corrected chi connectivity index (χ1v) is 9.70. The molecule has 0 saturated carbocycles. The number of sulfone groups is 1. The highest BCUT2D eigenvalue weighted by molar-refractivity contribution is 7.90. The summed E-state index contributed by atoms with van der Waals surface area (Å²) in [5, 5.41) is 0. The molecule has 0 amide bonds. The highest BCUT2D eigenvalue weighted by Crippen LogP contribution is 2.11. The van der Waals surface area contributed by atoms with Gasteiger partial charge < -0.3 is 5.73 Å². The predicted molar refractivity (Wildman–Crippen MR) is 79.3 cm³/mol. The molecule has 0 fully saturated rings. The number of hydrogen-bond donors (Lipinski definition) is 1. The van der Waals surface area contributed by atoms with E-state index in [-0.39, 0.29) is 18.1 Å². The third-order valence-corrected chi connectivity index (χ3v) is 5.61. The van der Waals surface area contributed by atoms with Crippen LogP contribution in [0.25, 0.3) is 0 Å². The van der Waals surface area contributed by atoms with Crippen LogP contribution in [0.2, 0.25) is 0 Å². The number of hydrogen-bond acceptors (Lipinski definition) is 5. The van der Waals surface area contributed by atoms with E-state index in [0.29, 0.717) is 12.1 Å². The van der Waals surface area contributed by atoms with Crippen LogP contribution in [0.4, 0.5) is 0 Å². The van der Waals surface area contributed by atoms with E-state index in [1.54, 1.807) is 24.3 Å². The zero-order valence-corrected chi connectivity index (χ0v) is 13.2. The SMILES string of the molecule is CN(CCS(C)(=O)=O)S(=O)(=O)Cc1ccc(CN)cc1. The monoisotopic (exact) mass is 320 g/mol. The Morgan fingerprint density at radius 2 is 1.55 bits per heavy atom. The minimum absolute atomic E-state index is 0.0396. The molecule has 0 radical (unpaired) electrons. The zero-order valence-electron chi connectivity index (χ0n) is 11.6. The van der Waals surface area contributed by atoms with Gasteiger partial charge in [0.2, 0.25) is 10.0 Å². The summed E-state index contributed by atoms with van der Waals surface area (Å²) in [4.78, 5) is 0. The minimum Gasteiger partial charge on any atom is -0.326 e. The maximum Gasteiger partial charge on any atom is 0.218 e. The van der Waals surface area contributed by atoms with Crippen molar-refractivity contribution in [1.82, 2.24) is 4.31 Å². The summed E-state index contributed by atoms with van der Waals surface area (Å²) in [5.74, 6) is -0.340. The van der Waals surface area contributed by atoms with Gasteiger partial charge in [-0.2, -0.15) is 0 Å². The Morgan fingerprint density at radius 1 is 1.05 bits per heavy atom. The van der Waals surface area contributed by atoms with E-state index < -0.39 is 19.9 Å². The average Bonchev–Trinajstić information content (AvgIpc) is 2.35. The first kappa shape index (κ1) is 17.1. The van der Waals surface area contributed by atoms with E-state index >= 15 is 0 Å². The van der Waals surface area contributed by atoms with E-state index in [2.05, 4.69) is 0 Å². The molecule has 0 aromatic heterocycles. The Hall–Kier alpha value is -0.960. The highest BCUT2D eigenvalue weighted by Gasteiger charge is 2.19. The molecule has 20 heavy (non-hydrogen) atoms. The summed E-state index contributed by atoms with van der Waals surface area (Å²) >= 11 is 0. The lowest BCUT2D eigenvalue weighted by atomic mass is 10.1. The second kappa shape index (κ2) is 6.66. The van der Waals surface area contributed by atoms with Crippen molar-refractivity contribution in [1.29, 1.82) is 0 Å². The summed E-state index contributed by atoms with van der Waals surface area (Å²) in [7, 11) is -5.32. The molecular formula is C12H20N2O4S2. The van der Waals surface area contributed by atoms with Gasteiger partial charge in [-0.15, -0.1) is 0 Å². The average molecular weight is 320 g/mol. The van der Waals surface area contributed by atoms with Crippen molar-refractivity contribution >= 4 is 19.9 Å². The number of nitrogens with two attached hydrogens (primary N) is 1. The Morgan fingerprint density at radius 3 is 2.00 bits per heavy atom. The topological polar surface area (TPSA) is 97.5 Å². The first-order chi connectivity index (χ1) is 9.14. The van der Waals surface area contributed by atoms with Crippen molar-refractivity contribution < 1.29 is 16.8 Å². The number of sulfonamides is 1. The van der Waals surface area contributed by atoms with Gasteiger partial charge in [0, 0.05) is 26.4 Å². The summed E-state index contributed by atoms with van der Waals surface area (Å²) in [6, 6.07) is 6.98. The molecule has 0 saturated heterocycles. The molecule has 0 bridgehead atoms. The predicted octanol–water partition coefficient (Wildman–Crippen LogP) is -0.0485. The quantitative estimate of drug-likeness (QED) is 0.760. The van der Waals surface area contributed by atoms with Crippen molar-refractivity contribution in [2.45, 2.75) is 12.3 Å². The van der Waals surface area contributed by atoms with Crippen molar-refractivity contribution in [2.75, 3.05) is 25.6 Å². The van der Waals surface area contributed by atoms with Crippen molar-refractivity contribution in [3.63, 3.8) is 0 Å². The maximum atomic E-state index is 12.1. The van der Waals surface area contributed by atoms with Gasteiger partial charge in [-0.25, -0.2) is 21.1 Å². The zero-order chi connectivity index (χ0) is 15.4. The van der Waals surface area contributed by atoms with Crippen LogP contribution in [-0.4, -0.2) is 46.7 Å². The summed E-state index contributed by atoms with van der Waals surface area (Å²) in [6.07, 6.45) is 1.08. The van der Waals surface area contributed by atoms with Crippen molar-refractivity contribution in [3.8, 4) is 0 Å². The van der Waals surface area contributed by atoms with E-state index in [1.165, 1.54) is 7.05 Å². The molecule has 6 nitrogen and oxygen atoms in total. The second-order valence-corrected chi connectivity index (χ2v) is 9.06. The minimum atomic E-state index is -3.52. The van der Waals surface area contributed by atoms with Gasteiger partial charge in [0.05, 0.1) is 11.5 Å². The summed E-state index contributed by atoms with van der Waals surface area (Å²) in [6.45, 7) is 0.364. The number of rotatable bonds is 7. The van der Waals surface area contributed by atoms with E-state index in [1.807, 2.05) is 0 Å². The normalized spacial score (nSPS) is 12.8. The first-order valence-electron chi connectivity index (χ1n) is 6.04. The Labute approximate surface area is 120 Å². The standard InChI is InChI=1S/C12H20N2O4S2/c1-14(7-8-19(2,15)16)20(17,18)10-12-5-3-11(9-13)4-6-12/h3-6H,7-10,13H2,1-2H3. The van der Waals surface area contributed by atoms with Crippen molar-refractivity contribution in [3.05, 3.63) is 35.4 Å². The molecule has 1 aromatic carbocycles. The fraction of sp³-hybridized carbons (Fsp3) is 0.500. The van der Waals surface area contributed by atoms with Crippen LogP contribution >= 0.6 is 0 Å². The molecule has 0 heterocycles. The van der Waals surface area contributed by atoms with Gasteiger partial charge in [-0.1, -0.05) is 24.3 Å². The number of benzene rings is 1. The highest BCUT2D eigenvalue weighted by atomic mass is 32.2. The summed E-state index contributed by atoms with van der Waals surface area (Å²) in [5.41, 5.74) is 7.05. The largest absolute Gasteiger partial charge is 0.326 e. The lowest BCUT2D eigenvalue weighted by Gasteiger charge is -2.16. The van der Waals surface area contributed by atoms with Gasteiger partial charge >= 0.3 is 0 Å². The molecule has 0 unspecified atom stereocenters. The van der Waals surface area contributed by atoms with Crippen LogP contribution < -0.4 is 5.73 Å². The van der Waals surface area contributed by atoms with Crippen LogP contribution in [0.1, 0.15) is 11.1 Å². The molecule has 114 valence electrons. The van der Waals surface area contributed by atoms with Crippen LogP contribution in [0.5, 0.6) is 0 Å². The number of nitrogens with zero attached hydrogens (tertiary/aromatic N) is 1. The lowest BCUT2D eigenvalue weighted by Crippen LogP contribution is -2.32. The third kappa shape index (κ3) is 5.58. The molecule has 1 aromatic rings. The molecule has 0 aliphatic rings. The summed E-state index contributed by atoms with van der Waals surface area (Å²) < 4.78 is 47.3. The Balaban J connectivity index is 2.72. The molecule has 0 aliphatic heterocycles. The molecule has 2 N–H and O–H groups in total. The fourth-order valence-electron chi connectivity index (χ4n) is 1.53. The van der Waals surface area contributed by atoms with Crippen LogP contribution in [0, 0.1) is 0 Å². The second-order valence-electron chi connectivity index (χ2n) is 4.73. The molecule has 0 atom stereocenters. The molecule has 0 spiro atoms. The van der Waals surface area contributed by atoms with Crippen molar-refractivity contribution in [2.24, 2.45) is 5.73 Å². The molecular weight excluding hydrogens is 300 g/mol. The maximum absolute atomic E-state index is 12.1. The van der Waals surface area contributed by atoms with Crippen LogP contribution in [-0.2, 0) is 32.2 Å². The lowest BCUT2D eigenvalue weighted by molar-refractivity contribution is 0.484. The van der Waals surface area contributed by atoms with Gasteiger partial charge in [0.25, 0.3) is 0 Å². The van der Waals surface area contributed by atoms with Gasteiger partial charge in [-0.05, 0) is 11.1 Å². The van der Waals surface area contributed by atoms with Gasteiger partial charge in [0.15, 0.2) is 0 Å². The van der Waals surface area contributed by atoms with Gasteiger partial charge in [-0.3, -0.25) is 0 Å². The molecule has 8 heteroatoms. The van der Waals surface area contributed by atoms with Crippen LogP contribution in [0.15, 0.2) is 24.3 Å². The smallest absolute Gasteiger partial charge is 0.218 e. The Kier molecular flexibility index (Phi) is 5.69. The van der Waals surface area contributed by atoms with E-state index in [0.717, 1.165) is 16.1 Å².